The van der Waals surface area contributed by atoms with Crippen LogP contribution in [0.15, 0.2) is 11.6 Å². The zero-order chi connectivity index (χ0) is 24.8. The molecule has 10 nitrogen and oxygen atoms in total. The lowest BCUT2D eigenvalue weighted by molar-refractivity contribution is -0.114. The van der Waals surface area contributed by atoms with Crippen LogP contribution in [0.1, 0.15) is 71.8 Å². The van der Waals surface area contributed by atoms with Gasteiger partial charge in [-0.2, -0.15) is 4.98 Å². The van der Waals surface area contributed by atoms with E-state index in [9.17, 15) is 14.4 Å². The van der Waals surface area contributed by atoms with Crippen LogP contribution in [0.5, 0.6) is 0 Å². The van der Waals surface area contributed by atoms with Gasteiger partial charge in [0.05, 0.1) is 6.61 Å². The average molecular weight is 464 g/mol. The number of aromatic nitrogens is 2. The molecule has 0 bridgehead atoms. The number of carbonyl (C=O) groups is 3. The molecule has 0 aliphatic carbocycles. The third kappa shape index (κ3) is 7.80. The van der Waals surface area contributed by atoms with Gasteiger partial charge in [-0.25, -0.2) is 9.59 Å². The van der Waals surface area contributed by atoms with Crippen LogP contribution in [0.25, 0.3) is 0 Å². The van der Waals surface area contributed by atoms with Crippen molar-refractivity contribution in [2.75, 3.05) is 29.9 Å². The highest BCUT2D eigenvalue weighted by atomic mass is 16.6. The molecular formula is C23H37N5O5. The molecule has 1 aliphatic heterocycles. The second-order valence-electron chi connectivity index (χ2n) is 9.33. The summed E-state index contributed by atoms with van der Waals surface area (Å²) in [4.78, 5) is 43.5. The van der Waals surface area contributed by atoms with Gasteiger partial charge in [-0.1, -0.05) is 11.6 Å². The largest absolute Gasteiger partial charge is 0.461 e. The molecule has 1 saturated heterocycles. The standard InChI is InChI=1S/C23H37N5O5/c1-8-32-20(30)18-19(24-16(4)29)26-21(28(18)13-11-15(2)3)27-12-9-10-17(14-27)25-22(31)33-23(5,6)7/h11,17H,8-10,12-14H2,1-7H3,(H,24,29)(H,25,31). The third-order valence-corrected chi connectivity index (χ3v) is 4.82. The fourth-order valence-corrected chi connectivity index (χ4v) is 3.54. The SMILES string of the molecule is CCOC(=O)c1c(NC(C)=O)nc(N2CCCC(NC(=O)OC(C)(C)C)C2)n1CC=C(C)C. The van der Waals surface area contributed by atoms with Gasteiger partial charge in [-0.15, -0.1) is 0 Å². The van der Waals surface area contributed by atoms with Gasteiger partial charge in [-0.05, 0) is 54.4 Å². The molecule has 2 rings (SSSR count). The number of nitrogens with one attached hydrogen (secondary N) is 2. The first-order valence-corrected chi connectivity index (χ1v) is 11.3. The van der Waals surface area contributed by atoms with E-state index in [-0.39, 0.29) is 30.1 Å². The second kappa shape index (κ2) is 11.2. The lowest BCUT2D eigenvalue weighted by atomic mass is 10.1. The van der Waals surface area contributed by atoms with Crippen LogP contribution in [0.2, 0.25) is 0 Å². The van der Waals surface area contributed by atoms with E-state index >= 15 is 0 Å². The molecular weight excluding hydrogens is 426 g/mol. The van der Waals surface area contributed by atoms with E-state index in [2.05, 4.69) is 15.6 Å². The van der Waals surface area contributed by atoms with Crippen molar-refractivity contribution in [2.24, 2.45) is 0 Å². The molecule has 2 amide bonds. The van der Waals surface area contributed by atoms with Crippen LogP contribution in [0, 0.1) is 0 Å². The number of carbonyl (C=O) groups excluding carboxylic acids is 3. The number of imidazole rings is 1. The van der Waals surface area contributed by atoms with Gasteiger partial charge in [0.15, 0.2) is 11.5 Å². The number of anilines is 2. The Labute approximate surface area is 195 Å². The molecule has 184 valence electrons. The van der Waals surface area contributed by atoms with Gasteiger partial charge >= 0.3 is 12.1 Å². The molecule has 33 heavy (non-hydrogen) atoms. The molecule has 0 aromatic carbocycles. The molecule has 0 saturated carbocycles. The fourth-order valence-electron chi connectivity index (χ4n) is 3.54. The van der Waals surface area contributed by atoms with Crippen LogP contribution in [0.4, 0.5) is 16.6 Å². The summed E-state index contributed by atoms with van der Waals surface area (Å²) >= 11 is 0. The average Bonchev–Trinajstić information content (AvgIpc) is 3.02. The predicted molar refractivity (Wildman–Crippen MR) is 127 cm³/mol. The first-order chi connectivity index (χ1) is 15.4. The zero-order valence-electron chi connectivity index (χ0n) is 20.8. The number of amides is 2. The van der Waals surface area contributed by atoms with Crippen molar-refractivity contribution in [3.63, 3.8) is 0 Å². The quantitative estimate of drug-likeness (QED) is 0.470. The van der Waals surface area contributed by atoms with E-state index in [1.54, 1.807) is 11.5 Å². The number of hydrogen-bond donors (Lipinski definition) is 2. The summed E-state index contributed by atoms with van der Waals surface area (Å²) in [6, 6.07) is -0.141. The Balaban J connectivity index is 2.39. The van der Waals surface area contributed by atoms with Crippen molar-refractivity contribution in [1.82, 2.24) is 14.9 Å². The van der Waals surface area contributed by atoms with Crippen molar-refractivity contribution in [3.05, 3.63) is 17.3 Å². The fraction of sp³-hybridized carbons (Fsp3) is 0.652. The molecule has 2 heterocycles. The lowest BCUT2D eigenvalue weighted by Gasteiger charge is -2.34. The normalized spacial score (nSPS) is 16.1. The molecule has 1 aliphatic rings. The molecule has 10 heteroatoms. The summed E-state index contributed by atoms with van der Waals surface area (Å²) in [5, 5.41) is 5.59. The number of rotatable bonds is 7. The van der Waals surface area contributed by atoms with Crippen LogP contribution in [-0.2, 0) is 20.8 Å². The van der Waals surface area contributed by atoms with E-state index < -0.39 is 17.7 Å². The van der Waals surface area contributed by atoms with E-state index in [0.29, 0.717) is 25.6 Å². The number of allylic oxidation sites excluding steroid dienone is 2. The molecule has 1 fully saturated rings. The first kappa shape index (κ1) is 26.2. The third-order valence-electron chi connectivity index (χ3n) is 4.82. The Morgan fingerprint density at radius 1 is 1.21 bits per heavy atom. The monoisotopic (exact) mass is 463 g/mol. The predicted octanol–water partition coefficient (Wildman–Crippen LogP) is 3.48. The topological polar surface area (TPSA) is 115 Å². The maximum absolute atomic E-state index is 12.8. The Morgan fingerprint density at radius 3 is 2.48 bits per heavy atom. The molecule has 1 aromatic rings. The van der Waals surface area contributed by atoms with E-state index in [1.807, 2.05) is 45.6 Å². The van der Waals surface area contributed by atoms with Crippen molar-refractivity contribution in [2.45, 2.75) is 79.5 Å². The van der Waals surface area contributed by atoms with E-state index in [4.69, 9.17) is 9.47 Å². The van der Waals surface area contributed by atoms with Gasteiger partial charge < -0.3 is 25.0 Å². The molecule has 0 radical (unpaired) electrons. The van der Waals surface area contributed by atoms with Crippen molar-refractivity contribution < 1.29 is 23.9 Å². The van der Waals surface area contributed by atoms with Crippen LogP contribution < -0.4 is 15.5 Å². The van der Waals surface area contributed by atoms with E-state index in [1.165, 1.54) is 6.92 Å². The summed E-state index contributed by atoms with van der Waals surface area (Å²) in [5.41, 5.74) is 0.691. The first-order valence-electron chi connectivity index (χ1n) is 11.3. The van der Waals surface area contributed by atoms with Crippen LogP contribution in [0.3, 0.4) is 0 Å². The summed E-state index contributed by atoms with van der Waals surface area (Å²) in [6.45, 7) is 14.3. The van der Waals surface area contributed by atoms with Gasteiger partial charge in [0.25, 0.3) is 0 Å². The smallest absolute Gasteiger partial charge is 0.407 e. The van der Waals surface area contributed by atoms with Crippen molar-refractivity contribution >= 4 is 29.7 Å². The molecule has 1 unspecified atom stereocenters. The second-order valence-corrected chi connectivity index (χ2v) is 9.33. The molecule has 0 spiro atoms. The minimum Gasteiger partial charge on any atom is -0.461 e. The minimum absolute atomic E-state index is 0.141. The van der Waals surface area contributed by atoms with Gasteiger partial charge in [0.1, 0.15) is 5.60 Å². The highest BCUT2D eigenvalue weighted by molar-refractivity contribution is 5.99. The summed E-state index contributed by atoms with van der Waals surface area (Å²) in [5.74, 6) is -0.181. The number of hydrogen-bond acceptors (Lipinski definition) is 7. The minimum atomic E-state index is -0.582. The number of alkyl carbamates (subject to hydrolysis) is 1. The van der Waals surface area contributed by atoms with Crippen molar-refractivity contribution in [1.29, 1.82) is 0 Å². The highest BCUT2D eigenvalue weighted by Gasteiger charge is 2.31. The Kier molecular flexibility index (Phi) is 8.90. The van der Waals surface area contributed by atoms with Crippen molar-refractivity contribution in [3.8, 4) is 0 Å². The van der Waals surface area contributed by atoms with Gasteiger partial charge in [0, 0.05) is 32.6 Å². The van der Waals surface area contributed by atoms with E-state index in [0.717, 1.165) is 18.4 Å². The molecule has 1 atom stereocenters. The maximum atomic E-state index is 12.8. The zero-order valence-corrected chi connectivity index (χ0v) is 20.8. The number of ether oxygens (including phenoxy) is 2. The summed E-state index contributed by atoms with van der Waals surface area (Å²) in [7, 11) is 0. The van der Waals surface area contributed by atoms with Gasteiger partial charge in [-0.3, -0.25) is 9.36 Å². The summed E-state index contributed by atoms with van der Waals surface area (Å²) in [6.07, 6.45) is 3.13. The summed E-state index contributed by atoms with van der Waals surface area (Å²) < 4.78 is 12.4. The van der Waals surface area contributed by atoms with Crippen LogP contribution in [-0.4, -0.2) is 58.9 Å². The Hall–Kier alpha value is -3.04. The number of nitrogens with zero attached hydrogens (tertiary/aromatic N) is 3. The maximum Gasteiger partial charge on any atom is 0.407 e. The molecule has 1 aromatic heterocycles. The van der Waals surface area contributed by atoms with Gasteiger partial charge in [0.2, 0.25) is 11.9 Å². The number of esters is 1. The Bertz CT molecular complexity index is 896. The lowest BCUT2D eigenvalue weighted by Crippen LogP contribution is -2.49. The highest BCUT2D eigenvalue weighted by Crippen LogP contribution is 2.28. The molecule has 2 N–H and O–H groups in total. The number of piperidine rings is 1. The van der Waals surface area contributed by atoms with Crippen LogP contribution >= 0.6 is 0 Å². The Morgan fingerprint density at radius 2 is 1.91 bits per heavy atom.